The minimum Gasteiger partial charge on any atom is -0.493 e. The summed E-state index contributed by atoms with van der Waals surface area (Å²) in [6, 6.07) is 30.1. The summed E-state index contributed by atoms with van der Waals surface area (Å²) < 4.78 is 16.0. The second kappa shape index (κ2) is 11.2. The fraction of sp³-hybridized carbons (Fsp3) is 0.138. The number of methoxy groups -OCH3 is 3. The molecule has 188 valence electrons. The maximum atomic E-state index is 13.0. The zero-order valence-corrected chi connectivity index (χ0v) is 21.7. The van der Waals surface area contributed by atoms with Crippen LogP contribution in [0.5, 0.6) is 11.5 Å². The molecule has 0 amide bonds. The normalized spacial score (nSPS) is 11.0. The lowest BCUT2D eigenvalue weighted by Crippen LogP contribution is -2.35. The van der Waals surface area contributed by atoms with Crippen molar-refractivity contribution >= 4 is 34.8 Å². The molecule has 0 fully saturated rings. The highest BCUT2D eigenvalue weighted by Gasteiger charge is 2.49. The summed E-state index contributed by atoms with van der Waals surface area (Å²) in [6.07, 6.45) is 0.270. The number of hydrogen-bond donors (Lipinski definition) is 0. The lowest BCUT2D eigenvalue weighted by atomic mass is 10.2. The van der Waals surface area contributed by atoms with Gasteiger partial charge in [-0.25, -0.2) is 4.79 Å². The predicted molar refractivity (Wildman–Crippen MR) is 146 cm³/mol. The molecular weight excluding hydrogens is 489 g/mol. The quantitative estimate of drug-likeness (QED) is 0.136. The summed E-state index contributed by atoms with van der Waals surface area (Å²) in [4.78, 5) is 24.9. The zero-order chi connectivity index (χ0) is 26.4. The van der Waals surface area contributed by atoms with Crippen molar-refractivity contribution in [3.05, 3.63) is 118 Å². The van der Waals surface area contributed by atoms with Gasteiger partial charge < -0.3 is 14.2 Å². The summed E-state index contributed by atoms with van der Waals surface area (Å²) in [5.74, 6) is 0.202. The van der Waals surface area contributed by atoms with Crippen molar-refractivity contribution in [3.63, 3.8) is 0 Å². The molecule has 0 spiro atoms. The van der Waals surface area contributed by atoms with Crippen molar-refractivity contribution in [2.24, 2.45) is 0 Å². The summed E-state index contributed by atoms with van der Waals surface area (Å²) in [6.45, 7) is 0. The van der Waals surface area contributed by atoms with E-state index in [9.17, 15) is 14.9 Å². The van der Waals surface area contributed by atoms with Gasteiger partial charge in [0, 0.05) is 0 Å². The molecule has 0 aromatic heterocycles. The van der Waals surface area contributed by atoms with Crippen LogP contribution in [0.3, 0.4) is 0 Å². The largest absolute Gasteiger partial charge is 0.493 e. The van der Waals surface area contributed by atoms with Crippen LogP contribution in [0.15, 0.2) is 97.1 Å². The van der Waals surface area contributed by atoms with Gasteiger partial charge in [-0.3, -0.25) is 10.1 Å². The fourth-order valence-corrected chi connectivity index (χ4v) is 9.05. The van der Waals surface area contributed by atoms with Gasteiger partial charge in [0.1, 0.15) is 34.9 Å². The van der Waals surface area contributed by atoms with Gasteiger partial charge in [-0.1, -0.05) is 48.5 Å². The lowest BCUT2D eigenvalue weighted by molar-refractivity contribution is -0.385. The molecule has 0 saturated heterocycles. The smallest absolute Gasteiger partial charge is 0.341 e. The van der Waals surface area contributed by atoms with Gasteiger partial charge in [0.15, 0.2) is 11.5 Å². The first kappa shape index (κ1) is 25.9. The Balaban J connectivity index is 2.13. The highest BCUT2D eigenvalue weighted by atomic mass is 31.2. The van der Waals surface area contributed by atoms with Gasteiger partial charge in [0.25, 0.3) is 5.69 Å². The summed E-state index contributed by atoms with van der Waals surface area (Å²) >= 11 is 0. The van der Waals surface area contributed by atoms with E-state index in [0.717, 1.165) is 15.9 Å². The number of nitro groups is 1. The molecule has 0 unspecified atom stereocenters. The van der Waals surface area contributed by atoms with Crippen LogP contribution in [0.1, 0.15) is 15.9 Å². The van der Waals surface area contributed by atoms with Crippen LogP contribution >= 0.6 is 7.26 Å². The molecule has 0 atom stereocenters. The monoisotopic (exact) mass is 516 g/mol. The average Bonchev–Trinajstić information content (AvgIpc) is 2.96. The maximum Gasteiger partial charge on any atom is 0.341 e. The molecule has 37 heavy (non-hydrogen) atoms. The number of nitrogens with zero attached hydrogens (tertiary/aromatic N) is 1. The first-order chi connectivity index (χ1) is 18.0. The first-order valence-electron chi connectivity index (χ1n) is 11.5. The van der Waals surface area contributed by atoms with E-state index in [4.69, 9.17) is 14.2 Å². The molecule has 0 radical (unpaired) electrons. The van der Waals surface area contributed by atoms with E-state index in [1.54, 1.807) is 18.2 Å². The third kappa shape index (κ3) is 4.91. The van der Waals surface area contributed by atoms with Gasteiger partial charge in [-0.05, 0) is 42.5 Å². The van der Waals surface area contributed by atoms with Crippen molar-refractivity contribution in [1.29, 1.82) is 0 Å². The Morgan fingerprint density at radius 1 is 0.784 bits per heavy atom. The van der Waals surface area contributed by atoms with Crippen LogP contribution in [-0.2, 0) is 10.9 Å². The number of nitro benzene ring substituents is 1. The van der Waals surface area contributed by atoms with E-state index < -0.39 is 18.2 Å². The van der Waals surface area contributed by atoms with Gasteiger partial charge in [-0.2, -0.15) is 0 Å². The van der Waals surface area contributed by atoms with Crippen LogP contribution in [-0.4, -0.2) is 32.2 Å². The Kier molecular flexibility index (Phi) is 7.85. The number of esters is 1. The standard InChI is InChI=1S/C29H27NO6P/c1-34-26-18-21(25(30(32)33)19-27(26)35-2)20-37(22-12-6-4-7-13-22,23-14-8-5-9-15-23)28-17-11-10-16-24(28)29(31)36-3/h4-19H,20H2,1-3H3/q+1. The number of carbonyl (C=O) groups excluding carboxylic acids is 1. The molecule has 4 rings (SSSR count). The van der Waals surface area contributed by atoms with Crippen LogP contribution in [0.25, 0.3) is 0 Å². The number of rotatable bonds is 9. The van der Waals surface area contributed by atoms with Gasteiger partial charge in [-0.15, -0.1) is 0 Å². The molecule has 7 nitrogen and oxygen atoms in total. The van der Waals surface area contributed by atoms with Gasteiger partial charge in [0.05, 0.1) is 37.9 Å². The predicted octanol–water partition coefficient (Wildman–Crippen LogP) is 4.89. The van der Waals surface area contributed by atoms with E-state index in [-0.39, 0.29) is 17.6 Å². The maximum absolute atomic E-state index is 13.0. The number of carbonyl (C=O) groups is 1. The van der Waals surface area contributed by atoms with Crippen LogP contribution < -0.4 is 25.4 Å². The molecule has 0 saturated carbocycles. The van der Waals surface area contributed by atoms with Crippen molar-refractivity contribution in [2.45, 2.75) is 6.16 Å². The number of benzene rings is 4. The van der Waals surface area contributed by atoms with Crippen LogP contribution in [0.4, 0.5) is 5.69 Å². The third-order valence-corrected chi connectivity index (χ3v) is 10.7. The first-order valence-corrected chi connectivity index (χ1v) is 13.5. The average molecular weight is 517 g/mol. The molecule has 0 aliphatic rings. The van der Waals surface area contributed by atoms with E-state index >= 15 is 0 Å². The molecular formula is C29H27NO6P+. The van der Waals surface area contributed by atoms with Crippen molar-refractivity contribution in [3.8, 4) is 11.5 Å². The SMILES string of the molecule is COC(=O)c1ccccc1[P+](Cc1cc(OC)c(OC)cc1[N+](=O)[O-])(c1ccccc1)c1ccccc1. The fourth-order valence-electron chi connectivity index (χ4n) is 4.61. The molecule has 0 aliphatic heterocycles. The molecule has 4 aromatic carbocycles. The second-order valence-electron chi connectivity index (χ2n) is 8.24. The molecule has 0 heterocycles. The van der Waals surface area contributed by atoms with Crippen LogP contribution in [0.2, 0.25) is 0 Å². The molecule has 0 bridgehead atoms. The van der Waals surface area contributed by atoms with Crippen molar-refractivity contribution < 1.29 is 23.9 Å². The number of hydrogen-bond acceptors (Lipinski definition) is 6. The Bertz CT molecular complexity index is 1370. The Labute approximate surface area is 216 Å². The molecule has 0 aliphatic carbocycles. The summed E-state index contributed by atoms with van der Waals surface area (Å²) in [5.41, 5.74) is 0.821. The van der Waals surface area contributed by atoms with E-state index in [0.29, 0.717) is 16.9 Å². The van der Waals surface area contributed by atoms with Crippen molar-refractivity contribution in [1.82, 2.24) is 0 Å². The zero-order valence-electron chi connectivity index (χ0n) is 20.8. The summed E-state index contributed by atoms with van der Waals surface area (Å²) in [7, 11) is 1.59. The van der Waals surface area contributed by atoms with Gasteiger partial charge >= 0.3 is 5.97 Å². The minimum absolute atomic E-state index is 0.0792. The summed E-state index contributed by atoms with van der Waals surface area (Å²) in [5, 5.41) is 15.0. The van der Waals surface area contributed by atoms with Gasteiger partial charge in [0.2, 0.25) is 0 Å². The second-order valence-corrected chi connectivity index (χ2v) is 11.7. The third-order valence-electron chi connectivity index (χ3n) is 6.30. The highest BCUT2D eigenvalue weighted by Crippen LogP contribution is 2.60. The van der Waals surface area contributed by atoms with Crippen LogP contribution in [0, 0.1) is 10.1 Å². The lowest BCUT2D eigenvalue weighted by Gasteiger charge is -2.29. The Hall–Kier alpha value is -4.22. The Morgan fingerprint density at radius 3 is 1.81 bits per heavy atom. The van der Waals surface area contributed by atoms with E-state index in [1.807, 2.05) is 72.8 Å². The highest BCUT2D eigenvalue weighted by molar-refractivity contribution is 7.95. The van der Waals surface area contributed by atoms with E-state index in [1.165, 1.54) is 27.4 Å². The molecule has 4 aromatic rings. The van der Waals surface area contributed by atoms with Crippen molar-refractivity contribution in [2.75, 3.05) is 21.3 Å². The molecule has 8 heteroatoms. The topological polar surface area (TPSA) is 87.9 Å². The van der Waals surface area contributed by atoms with E-state index in [2.05, 4.69) is 0 Å². The molecule has 0 N–H and O–H groups in total. The Morgan fingerprint density at radius 2 is 1.30 bits per heavy atom. The minimum atomic E-state index is -2.70. The number of ether oxygens (including phenoxy) is 3.